The van der Waals surface area contributed by atoms with Crippen LogP contribution in [0.15, 0.2) is 60.7 Å². The molecular formula is C28H32N4O. The second-order valence-electron chi connectivity index (χ2n) is 9.57. The fraction of sp³-hybridized carbons (Fsp3) is 0.321. The fourth-order valence-corrected chi connectivity index (χ4v) is 5.06. The van der Waals surface area contributed by atoms with Gasteiger partial charge >= 0.3 is 0 Å². The molecule has 0 atom stereocenters. The number of piperazine rings is 1. The van der Waals surface area contributed by atoms with Crippen molar-refractivity contribution in [1.82, 2.24) is 15.5 Å². The van der Waals surface area contributed by atoms with Crippen LogP contribution in [-0.2, 0) is 12.0 Å². The van der Waals surface area contributed by atoms with Gasteiger partial charge in [-0.3, -0.25) is 9.69 Å². The molecule has 2 heterocycles. The van der Waals surface area contributed by atoms with Gasteiger partial charge in [-0.1, -0.05) is 50.2 Å². The van der Waals surface area contributed by atoms with E-state index < -0.39 is 0 Å². The first kappa shape index (κ1) is 21.7. The van der Waals surface area contributed by atoms with E-state index in [-0.39, 0.29) is 11.3 Å². The van der Waals surface area contributed by atoms with Gasteiger partial charge in [0.25, 0.3) is 5.91 Å². The Kier molecular flexibility index (Phi) is 5.69. The molecule has 2 aliphatic heterocycles. The summed E-state index contributed by atoms with van der Waals surface area (Å²) in [4.78, 5) is 14.4. The molecule has 5 nitrogen and oxygen atoms in total. The zero-order valence-corrected chi connectivity index (χ0v) is 19.7. The number of benzene rings is 3. The molecule has 0 bridgehead atoms. The molecule has 3 aromatic rings. The highest BCUT2D eigenvalue weighted by Crippen LogP contribution is 2.46. The van der Waals surface area contributed by atoms with E-state index in [1.54, 1.807) is 7.05 Å². The van der Waals surface area contributed by atoms with Gasteiger partial charge in [0.2, 0.25) is 0 Å². The van der Waals surface area contributed by atoms with E-state index in [2.05, 4.69) is 71.1 Å². The van der Waals surface area contributed by atoms with Crippen molar-refractivity contribution >= 4 is 17.3 Å². The van der Waals surface area contributed by atoms with Gasteiger partial charge in [-0.15, -0.1) is 0 Å². The van der Waals surface area contributed by atoms with E-state index in [4.69, 9.17) is 0 Å². The normalized spacial score (nSPS) is 16.9. The van der Waals surface area contributed by atoms with Crippen LogP contribution in [0.3, 0.4) is 0 Å². The number of hydrogen-bond donors (Lipinski definition) is 3. The second kappa shape index (κ2) is 8.65. The first-order chi connectivity index (χ1) is 16.0. The lowest BCUT2D eigenvalue weighted by Gasteiger charge is -2.37. The Morgan fingerprint density at radius 1 is 0.909 bits per heavy atom. The number of carbonyl (C=O) groups excluding carboxylic acids is 1. The highest BCUT2D eigenvalue weighted by atomic mass is 16.1. The van der Waals surface area contributed by atoms with E-state index in [1.165, 1.54) is 22.4 Å². The molecule has 1 saturated heterocycles. The standard InChI is InChI=1S/C28H32N4O/c1-28(2)23-10-9-22(20-5-7-21(8-6-20)27(33)29-3)17-26(23)31-25-11-4-19(16-24(25)28)18-32-14-12-30-13-15-32/h4-11,16-17,30-31H,12-15,18H2,1-3H3,(H,29,33). The highest BCUT2D eigenvalue weighted by Gasteiger charge is 2.33. The summed E-state index contributed by atoms with van der Waals surface area (Å²) in [6.07, 6.45) is 0. The second-order valence-corrected chi connectivity index (χ2v) is 9.57. The first-order valence-electron chi connectivity index (χ1n) is 11.8. The molecule has 1 fully saturated rings. The molecule has 0 unspecified atom stereocenters. The predicted octanol–water partition coefficient (Wildman–Crippen LogP) is 4.50. The monoisotopic (exact) mass is 440 g/mol. The minimum atomic E-state index is -0.0863. The van der Waals surface area contributed by atoms with Crippen molar-refractivity contribution in [2.45, 2.75) is 25.8 Å². The summed E-state index contributed by atoms with van der Waals surface area (Å²) in [5, 5.41) is 9.79. The van der Waals surface area contributed by atoms with E-state index >= 15 is 0 Å². The molecule has 0 saturated carbocycles. The summed E-state index contributed by atoms with van der Waals surface area (Å²) >= 11 is 0. The van der Waals surface area contributed by atoms with Crippen LogP contribution in [0.25, 0.3) is 11.1 Å². The Hall–Kier alpha value is -3.15. The molecule has 5 rings (SSSR count). The van der Waals surface area contributed by atoms with Gasteiger partial charge in [-0.05, 0) is 52.1 Å². The Morgan fingerprint density at radius 3 is 2.36 bits per heavy atom. The maximum absolute atomic E-state index is 11.9. The molecule has 0 radical (unpaired) electrons. The Bertz CT molecular complexity index is 1180. The molecule has 3 N–H and O–H groups in total. The Balaban J connectivity index is 1.43. The van der Waals surface area contributed by atoms with E-state index in [9.17, 15) is 4.79 Å². The van der Waals surface area contributed by atoms with Gasteiger partial charge in [-0.2, -0.15) is 0 Å². The highest BCUT2D eigenvalue weighted by molar-refractivity contribution is 5.94. The lowest BCUT2D eigenvalue weighted by molar-refractivity contribution is 0.0963. The van der Waals surface area contributed by atoms with Crippen molar-refractivity contribution in [3.05, 3.63) is 82.9 Å². The summed E-state index contributed by atoms with van der Waals surface area (Å²) < 4.78 is 0. The number of rotatable bonds is 4. The summed E-state index contributed by atoms with van der Waals surface area (Å²) in [6, 6.07) is 21.3. The topological polar surface area (TPSA) is 56.4 Å². The minimum Gasteiger partial charge on any atom is -0.355 e. The number of fused-ring (bicyclic) bond motifs is 2. The number of amides is 1. The lowest BCUT2D eigenvalue weighted by atomic mass is 9.73. The van der Waals surface area contributed by atoms with E-state index in [0.717, 1.165) is 49.5 Å². The largest absolute Gasteiger partial charge is 0.355 e. The van der Waals surface area contributed by atoms with Crippen LogP contribution >= 0.6 is 0 Å². The van der Waals surface area contributed by atoms with Gasteiger partial charge in [0.1, 0.15) is 0 Å². The first-order valence-corrected chi connectivity index (χ1v) is 11.8. The molecule has 5 heteroatoms. The summed E-state index contributed by atoms with van der Waals surface area (Å²) in [5.41, 5.74) is 9.19. The Labute approximate surface area is 196 Å². The zero-order chi connectivity index (χ0) is 23.0. The van der Waals surface area contributed by atoms with Gasteiger partial charge in [-0.25, -0.2) is 0 Å². The molecule has 0 aromatic heterocycles. The quantitative estimate of drug-likeness (QED) is 0.559. The SMILES string of the molecule is CNC(=O)c1ccc(-c2ccc3c(c2)Nc2ccc(CN4CCNCC4)cc2C3(C)C)cc1. The molecular weight excluding hydrogens is 408 g/mol. The third kappa shape index (κ3) is 4.14. The molecule has 170 valence electrons. The zero-order valence-electron chi connectivity index (χ0n) is 19.7. The van der Waals surface area contributed by atoms with Crippen LogP contribution in [0.5, 0.6) is 0 Å². The third-order valence-corrected chi connectivity index (χ3v) is 7.04. The number of nitrogens with zero attached hydrogens (tertiary/aromatic N) is 1. The van der Waals surface area contributed by atoms with Gasteiger partial charge < -0.3 is 16.0 Å². The summed E-state index contributed by atoms with van der Waals surface area (Å²) in [6.45, 7) is 9.99. The van der Waals surface area contributed by atoms with Crippen LogP contribution in [-0.4, -0.2) is 44.0 Å². The number of hydrogen-bond acceptors (Lipinski definition) is 4. The summed E-state index contributed by atoms with van der Waals surface area (Å²) in [7, 11) is 1.65. The van der Waals surface area contributed by atoms with Crippen molar-refractivity contribution in [2.75, 3.05) is 38.5 Å². The average Bonchev–Trinajstić information content (AvgIpc) is 2.84. The van der Waals surface area contributed by atoms with Crippen LogP contribution in [0.1, 0.15) is 40.9 Å². The fourth-order valence-electron chi connectivity index (χ4n) is 5.06. The van der Waals surface area contributed by atoms with Gasteiger partial charge in [0.05, 0.1) is 0 Å². The van der Waals surface area contributed by atoms with Gasteiger partial charge in [0, 0.05) is 62.1 Å². The van der Waals surface area contributed by atoms with Crippen molar-refractivity contribution in [3.8, 4) is 11.1 Å². The molecule has 33 heavy (non-hydrogen) atoms. The number of anilines is 2. The lowest BCUT2D eigenvalue weighted by Crippen LogP contribution is -2.42. The molecule has 2 aliphatic rings. The average molecular weight is 441 g/mol. The number of nitrogens with one attached hydrogen (secondary N) is 3. The maximum Gasteiger partial charge on any atom is 0.251 e. The van der Waals surface area contributed by atoms with Crippen molar-refractivity contribution in [3.63, 3.8) is 0 Å². The predicted molar refractivity (Wildman–Crippen MR) is 135 cm³/mol. The van der Waals surface area contributed by atoms with Crippen LogP contribution < -0.4 is 16.0 Å². The molecule has 0 spiro atoms. The minimum absolute atomic E-state index is 0.0664. The van der Waals surface area contributed by atoms with Crippen molar-refractivity contribution in [1.29, 1.82) is 0 Å². The summed E-state index contributed by atoms with van der Waals surface area (Å²) in [5.74, 6) is -0.0664. The van der Waals surface area contributed by atoms with Gasteiger partial charge in [0.15, 0.2) is 0 Å². The van der Waals surface area contributed by atoms with Crippen molar-refractivity contribution < 1.29 is 4.79 Å². The Morgan fingerprint density at radius 2 is 1.64 bits per heavy atom. The van der Waals surface area contributed by atoms with Crippen molar-refractivity contribution in [2.24, 2.45) is 0 Å². The maximum atomic E-state index is 11.9. The smallest absolute Gasteiger partial charge is 0.251 e. The van der Waals surface area contributed by atoms with Crippen LogP contribution in [0.2, 0.25) is 0 Å². The molecule has 3 aromatic carbocycles. The molecule has 1 amide bonds. The van der Waals surface area contributed by atoms with Crippen LogP contribution in [0.4, 0.5) is 11.4 Å². The van der Waals surface area contributed by atoms with Crippen LogP contribution in [0, 0.1) is 0 Å². The number of carbonyl (C=O) groups is 1. The van der Waals surface area contributed by atoms with E-state index in [0.29, 0.717) is 5.56 Å². The molecule has 0 aliphatic carbocycles. The van der Waals surface area contributed by atoms with E-state index in [1.807, 2.05) is 24.3 Å². The third-order valence-electron chi connectivity index (χ3n) is 7.04.